The van der Waals surface area contributed by atoms with E-state index in [2.05, 4.69) is 17.2 Å². The summed E-state index contributed by atoms with van der Waals surface area (Å²) >= 11 is 3.28. The Morgan fingerprint density at radius 1 is 1.55 bits per heavy atom. The van der Waals surface area contributed by atoms with Crippen LogP contribution in [0, 0.1) is 0 Å². The SMILES string of the molecule is CCCCC(NCc1cnc(-c2cccs2)s1)C(=O)O. The Labute approximate surface area is 126 Å². The quantitative estimate of drug-likeness (QED) is 0.782. The maximum Gasteiger partial charge on any atom is 0.320 e. The number of thiazole rings is 1. The van der Waals surface area contributed by atoms with Crippen LogP contribution < -0.4 is 5.32 Å². The van der Waals surface area contributed by atoms with Gasteiger partial charge in [-0.1, -0.05) is 25.8 Å². The van der Waals surface area contributed by atoms with E-state index in [4.69, 9.17) is 5.11 Å². The molecule has 4 nitrogen and oxygen atoms in total. The number of nitrogens with zero attached hydrogens (tertiary/aromatic N) is 1. The molecule has 1 atom stereocenters. The standard InChI is InChI=1S/C14H18N2O2S2/c1-2-3-5-11(14(17)18)15-8-10-9-16-13(20-10)12-6-4-7-19-12/h4,6-7,9,11,15H,2-3,5,8H2,1H3,(H,17,18). The smallest absolute Gasteiger partial charge is 0.320 e. The van der Waals surface area contributed by atoms with Gasteiger partial charge in [0.05, 0.1) is 4.88 Å². The average Bonchev–Trinajstić information content (AvgIpc) is 3.09. The zero-order chi connectivity index (χ0) is 14.4. The summed E-state index contributed by atoms with van der Waals surface area (Å²) in [5.74, 6) is -0.776. The summed E-state index contributed by atoms with van der Waals surface area (Å²) < 4.78 is 0. The maximum absolute atomic E-state index is 11.1. The third-order valence-electron chi connectivity index (χ3n) is 2.95. The highest BCUT2D eigenvalue weighted by molar-refractivity contribution is 7.20. The van der Waals surface area contributed by atoms with Gasteiger partial charge in [0.15, 0.2) is 0 Å². The number of thiophene rings is 1. The molecule has 2 heterocycles. The minimum absolute atomic E-state index is 0.470. The van der Waals surface area contributed by atoms with Crippen molar-refractivity contribution in [3.8, 4) is 9.88 Å². The molecule has 2 N–H and O–H groups in total. The van der Waals surface area contributed by atoms with Crippen LogP contribution in [0.1, 0.15) is 31.1 Å². The molecule has 0 aliphatic carbocycles. The Kier molecular flexibility index (Phi) is 5.70. The van der Waals surface area contributed by atoms with Gasteiger partial charge in [0, 0.05) is 17.6 Å². The van der Waals surface area contributed by atoms with Crippen LogP contribution >= 0.6 is 22.7 Å². The van der Waals surface area contributed by atoms with Crippen molar-refractivity contribution in [3.05, 3.63) is 28.6 Å². The van der Waals surface area contributed by atoms with Crippen molar-refractivity contribution < 1.29 is 9.90 Å². The van der Waals surface area contributed by atoms with Gasteiger partial charge in [-0.25, -0.2) is 4.98 Å². The molecule has 0 saturated carbocycles. The second-order valence-corrected chi connectivity index (χ2v) is 6.59. The molecule has 0 saturated heterocycles. The van der Waals surface area contributed by atoms with E-state index in [9.17, 15) is 4.79 Å². The third-order valence-corrected chi connectivity index (χ3v) is 4.99. The Balaban J connectivity index is 1.91. The summed E-state index contributed by atoms with van der Waals surface area (Å²) in [6, 6.07) is 3.58. The van der Waals surface area contributed by atoms with Gasteiger partial charge >= 0.3 is 5.97 Å². The largest absolute Gasteiger partial charge is 0.480 e. The van der Waals surface area contributed by atoms with E-state index in [1.165, 1.54) is 0 Å². The van der Waals surface area contributed by atoms with Crippen molar-refractivity contribution in [2.75, 3.05) is 0 Å². The first-order chi connectivity index (χ1) is 9.70. The molecule has 0 bridgehead atoms. The van der Waals surface area contributed by atoms with E-state index in [-0.39, 0.29) is 0 Å². The highest BCUT2D eigenvalue weighted by atomic mass is 32.1. The van der Waals surface area contributed by atoms with Crippen molar-refractivity contribution >= 4 is 28.6 Å². The van der Waals surface area contributed by atoms with Crippen molar-refractivity contribution in [2.45, 2.75) is 38.8 Å². The Morgan fingerprint density at radius 2 is 2.40 bits per heavy atom. The molecule has 1 unspecified atom stereocenters. The molecule has 2 aromatic heterocycles. The molecule has 0 aromatic carbocycles. The molecular formula is C14H18N2O2S2. The van der Waals surface area contributed by atoms with Gasteiger partial charge in [-0.3, -0.25) is 10.1 Å². The van der Waals surface area contributed by atoms with Gasteiger partial charge in [-0.05, 0) is 17.9 Å². The first-order valence-corrected chi connectivity index (χ1v) is 8.35. The first kappa shape index (κ1) is 15.2. The minimum Gasteiger partial charge on any atom is -0.480 e. The molecule has 108 valence electrons. The Bertz CT molecular complexity index is 537. The number of rotatable bonds is 8. The van der Waals surface area contributed by atoms with Crippen LogP contribution in [0.25, 0.3) is 9.88 Å². The van der Waals surface area contributed by atoms with E-state index >= 15 is 0 Å². The summed E-state index contributed by atoms with van der Waals surface area (Å²) in [5.41, 5.74) is 0. The highest BCUT2D eigenvalue weighted by Crippen LogP contribution is 2.28. The third kappa shape index (κ3) is 4.13. The van der Waals surface area contributed by atoms with Crippen molar-refractivity contribution in [1.82, 2.24) is 10.3 Å². The normalized spacial score (nSPS) is 12.4. The molecule has 6 heteroatoms. The predicted molar refractivity (Wildman–Crippen MR) is 83.2 cm³/mol. The van der Waals surface area contributed by atoms with Crippen LogP contribution in [-0.2, 0) is 11.3 Å². The van der Waals surface area contributed by atoms with Crippen LogP contribution in [0.3, 0.4) is 0 Å². The fourth-order valence-corrected chi connectivity index (χ4v) is 3.52. The molecule has 0 amide bonds. The van der Waals surface area contributed by atoms with Gasteiger partial charge < -0.3 is 5.11 Å². The van der Waals surface area contributed by atoms with Crippen molar-refractivity contribution in [3.63, 3.8) is 0 Å². The van der Waals surface area contributed by atoms with E-state index in [1.807, 2.05) is 23.7 Å². The summed E-state index contributed by atoms with van der Waals surface area (Å²) in [6.07, 6.45) is 4.43. The summed E-state index contributed by atoms with van der Waals surface area (Å²) in [6.45, 7) is 2.62. The van der Waals surface area contributed by atoms with Crippen molar-refractivity contribution in [2.24, 2.45) is 0 Å². The van der Waals surface area contributed by atoms with Gasteiger partial charge in [0.2, 0.25) is 0 Å². The summed E-state index contributed by atoms with van der Waals surface area (Å²) in [7, 11) is 0. The van der Waals surface area contributed by atoms with Crippen LogP contribution in [0.5, 0.6) is 0 Å². The molecule has 20 heavy (non-hydrogen) atoms. The molecule has 0 aliphatic heterocycles. The van der Waals surface area contributed by atoms with Crippen LogP contribution in [0.4, 0.5) is 0 Å². The lowest BCUT2D eigenvalue weighted by molar-refractivity contribution is -0.139. The molecule has 0 aliphatic rings. The number of aromatic nitrogens is 1. The monoisotopic (exact) mass is 310 g/mol. The molecular weight excluding hydrogens is 292 g/mol. The van der Waals surface area contributed by atoms with Crippen LogP contribution in [-0.4, -0.2) is 22.1 Å². The number of carboxylic acid groups (broad SMARTS) is 1. The molecule has 2 aromatic rings. The Hall–Kier alpha value is -1.24. The number of hydrogen-bond donors (Lipinski definition) is 2. The van der Waals surface area contributed by atoms with Gasteiger partial charge in [0.1, 0.15) is 11.0 Å². The number of hydrogen-bond acceptors (Lipinski definition) is 5. The molecule has 2 rings (SSSR count). The first-order valence-electron chi connectivity index (χ1n) is 6.65. The minimum atomic E-state index is -0.776. The fraction of sp³-hybridized carbons (Fsp3) is 0.429. The zero-order valence-electron chi connectivity index (χ0n) is 11.3. The molecule has 0 fully saturated rings. The summed E-state index contributed by atoms with van der Waals surface area (Å²) in [5, 5.41) is 15.3. The fourth-order valence-electron chi connectivity index (χ4n) is 1.85. The predicted octanol–water partition coefficient (Wildman–Crippen LogP) is 3.60. The van der Waals surface area contributed by atoms with E-state index in [1.54, 1.807) is 22.7 Å². The van der Waals surface area contributed by atoms with Gasteiger partial charge in [-0.15, -0.1) is 22.7 Å². The second kappa shape index (κ2) is 7.52. The number of nitrogens with one attached hydrogen (secondary N) is 1. The summed E-state index contributed by atoms with van der Waals surface area (Å²) in [4.78, 5) is 17.8. The number of aliphatic carboxylic acids is 1. The highest BCUT2D eigenvalue weighted by Gasteiger charge is 2.16. The van der Waals surface area contributed by atoms with Crippen LogP contribution in [0.15, 0.2) is 23.7 Å². The van der Waals surface area contributed by atoms with Crippen molar-refractivity contribution in [1.29, 1.82) is 0 Å². The average molecular weight is 310 g/mol. The van der Waals surface area contributed by atoms with E-state index in [0.29, 0.717) is 13.0 Å². The lowest BCUT2D eigenvalue weighted by Gasteiger charge is -2.12. The molecule has 0 spiro atoms. The zero-order valence-corrected chi connectivity index (χ0v) is 13.0. The lowest BCUT2D eigenvalue weighted by Crippen LogP contribution is -2.35. The van der Waals surface area contributed by atoms with E-state index < -0.39 is 12.0 Å². The van der Waals surface area contributed by atoms with Gasteiger partial charge in [0.25, 0.3) is 0 Å². The lowest BCUT2D eigenvalue weighted by atomic mass is 10.1. The maximum atomic E-state index is 11.1. The van der Waals surface area contributed by atoms with Crippen LogP contribution in [0.2, 0.25) is 0 Å². The topological polar surface area (TPSA) is 62.2 Å². The number of carboxylic acids is 1. The Morgan fingerprint density at radius 3 is 3.05 bits per heavy atom. The number of carbonyl (C=O) groups is 1. The second-order valence-electron chi connectivity index (χ2n) is 4.52. The van der Waals surface area contributed by atoms with E-state index in [0.717, 1.165) is 27.6 Å². The van der Waals surface area contributed by atoms with Gasteiger partial charge in [-0.2, -0.15) is 0 Å². The number of unbranched alkanes of at least 4 members (excludes halogenated alkanes) is 1. The molecule has 0 radical (unpaired) electrons.